The molecule has 4 rings (SSSR count). The minimum Gasteiger partial charge on any atom is -0.403 e. The highest BCUT2D eigenvalue weighted by atomic mass is 19.4. The minimum absolute atomic E-state index is 0.0137. The fourth-order valence-electron chi connectivity index (χ4n) is 4.07. The van der Waals surface area contributed by atoms with Crippen molar-refractivity contribution < 1.29 is 23.0 Å². The lowest BCUT2D eigenvalue weighted by molar-refractivity contribution is -0.274. The maximum atomic E-state index is 13.0. The highest BCUT2D eigenvalue weighted by Gasteiger charge is 2.34. The first kappa shape index (κ1) is 21.2. The molecule has 2 aromatic carbocycles. The Bertz CT molecular complexity index is 1120. The number of aromatic nitrogens is 1. The fourth-order valence-corrected chi connectivity index (χ4v) is 4.07. The molecule has 1 aliphatic heterocycles. The van der Waals surface area contributed by atoms with Crippen LogP contribution in [0, 0.1) is 13.8 Å². The van der Waals surface area contributed by atoms with Gasteiger partial charge < -0.3 is 20.1 Å². The zero-order chi connectivity index (χ0) is 22.2. The first-order valence-electron chi connectivity index (χ1n) is 10.2. The number of benzene rings is 2. The van der Waals surface area contributed by atoms with E-state index in [4.69, 9.17) is 5.11 Å². The summed E-state index contributed by atoms with van der Waals surface area (Å²) in [5, 5.41) is 12.9. The topological polar surface area (TPSA) is 57.6 Å². The van der Waals surface area contributed by atoms with Crippen LogP contribution in [0.15, 0.2) is 36.4 Å². The second-order valence-corrected chi connectivity index (χ2v) is 7.61. The second kappa shape index (κ2) is 8.26. The molecule has 31 heavy (non-hydrogen) atoms. The van der Waals surface area contributed by atoms with Crippen molar-refractivity contribution in [2.24, 2.45) is 0 Å². The Morgan fingerprint density at radius 2 is 1.94 bits per heavy atom. The van der Waals surface area contributed by atoms with Crippen LogP contribution in [0.1, 0.15) is 23.1 Å². The molecule has 0 fully saturated rings. The summed E-state index contributed by atoms with van der Waals surface area (Å²) in [5.41, 5.74) is 5.25. The van der Waals surface area contributed by atoms with Crippen LogP contribution in [0.2, 0.25) is 0 Å². The molecule has 0 bridgehead atoms. The molecule has 1 aliphatic rings. The van der Waals surface area contributed by atoms with Crippen LogP contribution in [0.3, 0.4) is 0 Å². The number of nitrogens with zero attached hydrogens (tertiary/aromatic N) is 2. The molecular formula is C23H24F3N3O2. The van der Waals surface area contributed by atoms with Gasteiger partial charge in [-0.2, -0.15) is 0 Å². The molecule has 0 spiro atoms. The number of rotatable bonds is 6. The van der Waals surface area contributed by atoms with Gasteiger partial charge in [-0.05, 0) is 49.9 Å². The van der Waals surface area contributed by atoms with E-state index in [-0.39, 0.29) is 17.9 Å². The third-order valence-electron chi connectivity index (χ3n) is 5.62. The van der Waals surface area contributed by atoms with Crippen molar-refractivity contribution in [3.05, 3.63) is 53.1 Å². The molecule has 2 N–H and O–H groups in total. The van der Waals surface area contributed by atoms with Gasteiger partial charge in [-0.3, -0.25) is 0 Å². The summed E-state index contributed by atoms with van der Waals surface area (Å²) in [6, 6.07) is 10.7. The molecule has 0 saturated carbocycles. The summed E-state index contributed by atoms with van der Waals surface area (Å²) in [6.07, 6.45) is -3.60. The van der Waals surface area contributed by atoms with Gasteiger partial charge in [-0.15, -0.1) is 13.2 Å². The monoisotopic (exact) mass is 431 g/mol. The molecule has 3 aromatic rings. The van der Waals surface area contributed by atoms with Crippen molar-refractivity contribution in [3.8, 4) is 5.75 Å². The van der Waals surface area contributed by atoms with Gasteiger partial charge in [0.15, 0.2) is 5.75 Å². The third kappa shape index (κ3) is 4.12. The number of fused-ring (bicyclic) bond motifs is 3. The molecule has 2 heterocycles. The molecule has 1 aromatic heterocycles. The average Bonchev–Trinajstić information content (AvgIpc) is 3.15. The van der Waals surface area contributed by atoms with Crippen LogP contribution in [0.4, 0.5) is 30.4 Å². The summed E-state index contributed by atoms with van der Waals surface area (Å²) in [6.45, 7) is 5.26. The number of aryl methyl sites for hydroxylation is 1. The predicted octanol–water partition coefficient (Wildman–Crippen LogP) is 5.24. The normalized spacial score (nSPS) is 13.5. The van der Waals surface area contributed by atoms with E-state index in [9.17, 15) is 13.2 Å². The van der Waals surface area contributed by atoms with Crippen LogP contribution in [0.5, 0.6) is 5.75 Å². The zero-order valence-corrected chi connectivity index (χ0v) is 17.4. The van der Waals surface area contributed by atoms with Crippen LogP contribution >= 0.6 is 0 Å². The van der Waals surface area contributed by atoms with E-state index in [2.05, 4.69) is 19.9 Å². The molecular weight excluding hydrogens is 407 g/mol. The average molecular weight is 431 g/mol. The van der Waals surface area contributed by atoms with Gasteiger partial charge >= 0.3 is 6.36 Å². The number of hydrogen-bond acceptors (Lipinski definition) is 5. The number of alkyl halides is 3. The predicted molar refractivity (Wildman–Crippen MR) is 115 cm³/mol. The molecule has 0 unspecified atom stereocenters. The number of para-hydroxylation sites is 1. The lowest BCUT2D eigenvalue weighted by Crippen LogP contribution is -2.18. The van der Waals surface area contributed by atoms with E-state index >= 15 is 0 Å². The number of nitrogens with one attached hydrogen (secondary N) is 1. The fraction of sp³-hybridized carbons (Fsp3) is 0.348. The van der Waals surface area contributed by atoms with E-state index in [0.717, 1.165) is 28.1 Å². The van der Waals surface area contributed by atoms with Crippen LogP contribution in [-0.2, 0) is 6.42 Å². The molecule has 0 atom stereocenters. The quantitative estimate of drug-likeness (QED) is 0.523. The van der Waals surface area contributed by atoms with Gasteiger partial charge in [-0.25, -0.2) is 4.98 Å². The van der Waals surface area contributed by atoms with Crippen molar-refractivity contribution in [3.63, 3.8) is 0 Å². The maximum absolute atomic E-state index is 13.0. The lowest BCUT2D eigenvalue weighted by atomic mass is 10.1. The van der Waals surface area contributed by atoms with Crippen molar-refractivity contribution >= 4 is 28.1 Å². The summed E-state index contributed by atoms with van der Waals surface area (Å²) < 4.78 is 43.4. The van der Waals surface area contributed by atoms with E-state index in [1.54, 1.807) is 12.1 Å². The smallest absolute Gasteiger partial charge is 0.403 e. The molecule has 0 radical (unpaired) electrons. The Hall–Kier alpha value is -3.00. The molecule has 0 saturated heterocycles. The Balaban J connectivity index is 1.92. The Morgan fingerprint density at radius 1 is 1.16 bits per heavy atom. The Labute approximate surface area is 178 Å². The molecule has 0 aliphatic carbocycles. The zero-order valence-electron chi connectivity index (χ0n) is 17.4. The number of halogens is 3. The van der Waals surface area contributed by atoms with Gasteiger partial charge in [0.05, 0.1) is 5.69 Å². The van der Waals surface area contributed by atoms with Crippen molar-refractivity contribution in [1.29, 1.82) is 0 Å². The first-order chi connectivity index (χ1) is 14.8. The van der Waals surface area contributed by atoms with Crippen LogP contribution in [-0.4, -0.2) is 36.1 Å². The van der Waals surface area contributed by atoms with Gasteiger partial charge in [0.25, 0.3) is 0 Å². The van der Waals surface area contributed by atoms with E-state index in [1.165, 1.54) is 6.07 Å². The Morgan fingerprint density at radius 3 is 2.68 bits per heavy atom. The number of ether oxygens (including phenoxy) is 1. The molecule has 5 nitrogen and oxygen atoms in total. The summed E-state index contributed by atoms with van der Waals surface area (Å²) in [4.78, 5) is 6.68. The standard InChI is InChI=1S/C23H24F3N3O2/c1-14-6-3-8-18(15(14)2)29-12-10-17-21(29)16-7-4-9-19(31-23(24,25)26)20(16)28-22(17)27-11-5-13-30/h3-4,6-9,30H,5,10-13H2,1-2H3,(H,27,28). The highest BCUT2D eigenvalue weighted by Crippen LogP contribution is 2.46. The first-order valence-corrected chi connectivity index (χ1v) is 10.2. The van der Waals surface area contributed by atoms with E-state index < -0.39 is 6.36 Å². The summed E-state index contributed by atoms with van der Waals surface area (Å²) >= 11 is 0. The number of aliphatic hydroxyl groups excluding tert-OH is 1. The Kier molecular flexibility index (Phi) is 5.66. The minimum atomic E-state index is -4.81. The molecule has 0 amide bonds. The maximum Gasteiger partial charge on any atom is 0.573 e. The van der Waals surface area contributed by atoms with Crippen molar-refractivity contribution in [2.75, 3.05) is 29.9 Å². The molecule has 8 heteroatoms. The van der Waals surface area contributed by atoms with E-state index in [1.807, 2.05) is 32.0 Å². The summed E-state index contributed by atoms with van der Waals surface area (Å²) in [7, 11) is 0. The van der Waals surface area contributed by atoms with E-state index in [0.29, 0.717) is 37.1 Å². The molecule has 164 valence electrons. The largest absolute Gasteiger partial charge is 0.573 e. The SMILES string of the molecule is Cc1cccc(N2CCc3c(NCCCO)nc4c(OC(F)(F)F)cccc4c32)c1C. The third-order valence-corrected chi connectivity index (χ3v) is 5.62. The van der Waals surface area contributed by atoms with Gasteiger partial charge in [0, 0.05) is 36.3 Å². The number of aliphatic hydroxyl groups is 1. The highest BCUT2D eigenvalue weighted by molar-refractivity contribution is 6.02. The van der Waals surface area contributed by atoms with Gasteiger partial charge in [-0.1, -0.05) is 24.3 Å². The lowest BCUT2D eigenvalue weighted by Gasteiger charge is -2.25. The van der Waals surface area contributed by atoms with Gasteiger partial charge in [0.1, 0.15) is 11.3 Å². The van der Waals surface area contributed by atoms with Crippen LogP contribution in [0.25, 0.3) is 10.9 Å². The van der Waals surface area contributed by atoms with Gasteiger partial charge in [0.2, 0.25) is 0 Å². The summed E-state index contributed by atoms with van der Waals surface area (Å²) in [5.74, 6) is 0.202. The van der Waals surface area contributed by atoms with Crippen LogP contribution < -0.4 is 15.0 Å². The number of hydrogen-bond donors (Lipinski definition) is 2. The number of pyridine rings is 1. The number of anilines is 3. The van der Waals surface area contributed by atoms with Crippen molar-refractivity contribution in [2.45, 2.75) is 33.1 Å². The second-order valence-electron chi connectivity index (χ2n) is 7.61. The van der Waals surface area contributed by atoms with Crippen molar-refractivity contribution in [1.82, 2.24) is 4.98 Å².